The summed E-state index contributed by atoms with van der Waals surface area (Å²) in [6.45, 7) is 1.68. The second kappa shape index (κ2) is 6.99. The smallest absolute Gasteiger partial charge is 0.343 e. The van der Waals surface area contributed by atoms with E-state index in [9.17, 15) is 9.59 Å². The fraction of sp³-hybridized carbons (Fsp3) is 0.333. The molecule has 1 N–H and O–H groups in total. The van der Waals surface area contributed by atoms with Crippen molar-refractivity contribution in [2.45, 2.75) is 25.3 Å². The van der Waals surface area contributed by atoms with Crippen molar-refractivity contribution in [2.75, 3.05) is 13.1 Å². The maximum Gasteiger partial charge on any atom is 0.343 e. The lowest BCUT2D eigenvalue weighted by Gasteiger charge is -2.30. The molecule has 0 radical (unpaired) electrons. The number of nitrogens with one attached hydrogen (secondary N) is 1. The van der Waals surface area contributed by atoms with Crippen molar-refractivity contribution >= 4 is 5.91 Å². The summed E-state index contributed by atoms with van der Waals surface area (Å²) in [6, 6.07) is 11.4. The molecule has 3 heterocycles. The van der Waals surface area contributed by atoms with E-state index < -0.39 is 0 Å². The maximum atomic E-state index is 12.3. The van der Waals surface area contributed by atoms with Gasteiger partial charge in [0.15, 0.2) is 0 Å². The number of carbonyl (C=O) groups is 1. The van der Waals surface area contributed by atoms with E-state index in [0.29, 0.717) is 19.6 Å². The Balaban J connectivity index is 1.47. The predicted octanol–water partition coefficient (Wildman–Crippen LogP) is 1.63. The molecule has 4 rings (SSSR count). The number of carbonyl (C=O) groups excluding carboxylic acids is 1. The molecule has 26 heavy (non-hydrogen) atoms. The first-order valence-corrected chi connectivity index (χ1v) is 8.61. The number of hydrogen-bond donors (Lipinski definition) is 1. The Bertz CT molecular complexity index is 921. The highest BCUT2D eigenvalue weighted by Crippen LogP contribution is 2.27. The number of nitrogens with zero attached hydrogens (tertiary/aromatic N) is 4. The lowest BCUT2D eigenvalue weighted by Crippen LogP contribution is -2.38. The van der Waals surface area contributed by atoms with Crippen molar-refractivity contribution in [1.29, 1.82) is 0 Å². The molecule has 0 aliphatic carbocycles. The van der Waals surface area contributed by atoms with Crippen LogP contribution in [0.5, 0.6) is 0 Å². The normalized spacial score (nSPS) is 15.3. The number of amides is 1. The van der Waals surface area contributed by atoms with Crippen LogP contribution in [0, 0.1) is 0 Å². The van der Waals surface area contributed by atoms with Gasteiger partial charge in [-0.3, -0.25) is 9.36 Å². The fourth-order valence-corrected chi connectivity index (χ4v) is 3.38. The Morgan fingerprint density at radius 1 is 1.19 bits per heavy atom. The molecular formula is C18H19N5O3. The summed E-state index contributed by atoms with van der Waals surface area (Å²) in [6.07, 6.45) is 2.96. The fourth-order valence-electron chi connectivity index (χ4n) is 3.38. The lowest BCUT2D eigenvalue weighted by molar-refractivity contribution is 0.0668. The summed E-state index contributed by atoms with van der Waals surface area (Å²) in [5.74, 6) is 0.996. The van der Waals surface area contributed by atoms with Gasteiger partial charge in [-0.2, -0.15) is 5.10 Å². The van der Waals surface area contributed by atoms with E-state index in [1.165, 1.54) is 6.20 Å². The van der Waals surface area contributed by atoms with Gasteiger partial charge in [-0.1, -0.05) is 35.5 Å². The van der Waals surface area contributed by atoms with Gasteiger partial charge in [0.05, 0.1) is 12.7 Å². The molecule has 8 heteroatoms. The molecule has 2 aromatic heterocycles. The van der Waals surface area contributed by atoms with Gasteiger partial charge in [0.25, 0.3) is 5.91 Å². The Morgan fingerprint density at radius 2 is 1.96 bits per heavy atom. The number of piperidine rings is 1. The van der Waals surface area contributed by atoms with Gasteiger partial charge in [0.2, 0.25) is 5.76 Å². The standard InChI is InChI=1S/C18H19N5O3/c24-17(15-6-9-19-26-15)22-10-7-14(8-11-22)16-20-21-18(25)23(16)12-13-4-2-1-3-5-13/h1-6,9,14H,7-8,10-12H2,(H,21,25). The van der Waals surface area contributed by atoms with Gasteiger partial charge in [-0.05, 0) is 18.4 Å². The molecule has 0 spiro atoms. The highest BCUT2D eigenvalue weighted by atomic mass is 16.5. The minimum Gasteiger partial charge on any atom is -0.351 e. The quantitative estimate of drug-likeness (QED) is 0.769. The molecule has 1 amide bonds. The average molecular weight is 353 g/mol. The van der Waals surface area contributed by atoms with Crippen molar-refractivity contribution in [3.8, 4) is 0 Å². The zero-order chi connectivity index (χ0) is 17.9. The van der Waals surface area contributed by atoms with Crippen LogP contribution < -0.4 is 5.69 Å². The second-order valence-corrected chi connectivity index (χ2v) is 6.40. The number of aromatic nitrogens is 4. The molecule has 1 aliphatic rings. The number of H-pyrrole nitrogens is 1. The highest BCUT2D eigenvalue weighted by molar-refractivity contribution is 5.91. The molecule has 3 aromatic rings. The van der Waals surface area contributed by atoms with Crippen molar-refractivity contribution in [1.82, 2.24) is 24.8 Å². The SMILES string of the molecule is O=C(c1ccno1)N1CCC(c2n[nH]c(=O)n2Cc2ccccc2)CC1. The minimum absolute atomic E-state index is 0.136. The lowest BCUT2D eigenvalue weighted by atomic mass is 9.95. The van der Waals surface area contributed by atoms with Gasteiger partial charge in [-0.25, -0.2) is 9.89 Å². The zero-order valence-corrected chi connectivity index (χ0v) is 14.2. The molecule has 0 saturated carbocycles. The van der Waals surface area contributed by atoms with E-state index in [-0.39, 0.29) is 23.3 Å². The Hall–Kier alpha value is -3.16. The number of rotatable bonds is 4. The summed E-state index contributed by atoms with van der Waals surface area (Å²) < 4.78 is 6.63. The van der Waals surface area contributed by atoms with E-state index >= 15 is 0 Å². The third kappa shape index (κ3) is 3.17. The van der Waals surface area contributed by atoms with Crippen molar-refractivity contribution in [2.24, 2.45) is 0 Å². The van der Waals surface area contributed by atoms with Gasteiger partial charge < -0.3 is 9.42 Å². The average Bonchev–Trinajstić information content (AvgIpc) is 3.33. The van der Waals surface area contributed by atoms with Crippen molar-refractivity contribution < 1.29 is 9.32 Å². The number of aromatic amines is 1. The van der Waals surface area contributed by atoms with E-state index in [4.69, 9.17) is 4.52 Å². The number of likely N-dealkylation sites (tertiary alicyclic amines) is 1. The Kier molecular flexibility index (Phi) is 4.39. The third-order valence-corrected chi connectivity index (χ3v) is 4.77. The zero-order valence-electron chi connectivity index (χ0n) is 14.2. The molecule has 8 nitrogen and oxygen atoms in total. The monoisotopic (exact) mass is 353 g/mol. The van der Waals surface area contributed by atoms with Crippen LogP contribution in [0.1, 0.15) is 40.7 Å². The molecule has 0 unspecified atom stereocenters. The Labute approximate surface area is 149 Å². The first-order chi connectivity index (χ1) is 12.7. The van der Waals surface area contributed by atoms with Crippen LogP contribution in [0.15, 0.2) is 51.9 Å². The van der Waals surface area contributed by atoms with Crippen LogP contribution in [-0.4, -0.2) is 43.8 Å². The number of benzene rings is 1. The van der Waals surface area contributed by atoms with E-state index in [1.807, 2.05) is 30.3 Å². The van der Waals surface area contributed by atoms with Gasteiger partial charge >= 0.3 is 5.69 Å². The van der Waals surface area contributed by atoms with Crippen LogP contribution in [0.2, 0.25) is 0 Å². The molecule has 1 aliphatic heterocycles. The van der Waals surface area contributed by atoms with Crippen LogP contribution in [0.3, 0.4) is 0 Å². The van der Waals surface area contributed by atoms with Crippen LogP contribution in [0.4, 0.5) is 0 Å². The van der Waals surface area contributed by atoms with E-state index in [0.717, 1.165) is 24.2 Å². The molecule has 0 bridgehead atoms. The van der Waals surface area contributed by atoms with Crippen molar-refractivity contribution in [3.63, 3.8) is 0 Å². The highest BCUT2D eigenvalue weighted by Gasteiger charge is 2.29. The number of hydrogen-bond acceptors (Lipinski definition) is 5. The summed E-state index contributed by atoms with van der Waals surface area (Å²) in [5, 5.41) is 10.4. The van der Waals surface area contributed by atoms with Crippen LogP contribution in [-0.2, 0) is 6.54 Å². The topological polar surface area (TPSA) is 97.0 Å². The van der Waals surface area contributed by atoms with Crippen LogP contribution in [0.25, 0.3) is 0 Å². The molecule has 1 aromatic carbocycles. The summed E-state index contributed by atoms with van der Waals surface area (Å²) in [4.78, 5) is 26.3. The van der Waals surface area contributed by atoms with E-state index in [1.54, 1.807) is 15.5 Å². The Morgan fingerprint density at radius 3 is 2.65 bits per heavy atom. The first-order valence-electron chi connectivity index (χ1n) is 8.61. The summed E-state index contributed by atoms with van der Waals surface area (Å²) in [7, 11) is 0. The second-order valence-electron chi connectivity index (χ2n) is 6.40. The first kappa shape index (κ1) is 16.3. The molecule has 134 valence electrons. The van der Waals surface area contributed by atoms with E-state index in [2.05, 4.69) is 15.4 Å². The van der Waals surface area contributed by atoms with Crippen molar-refractivity contribution in [3.05, 3.63) is 70.2 Å². The molecule has 0 atom stereocenters. The molecule has 1 fully saturated rings. The third-order valence-electron chi connectivity index (χ3n) is 4.77. The summed E-state index contributed by atoms with van der Waals surface area (Å²) in [5.41, 5.74) is 0.846. The van der Waals surface area contributed by atoms with Gasteiger partial charge in [-0.15, -0.1) is 0 Å². The minimum atomic E-state index is -0.205. The molecular weight excluding hydrogens is 334 g/mol. The molecule has 1 saturated heterocycles. The summed E-state index contributed by atoms with van der Waals surface area (Å²) >= 11 is 0. The predicted molar refractivity (Wildman–Crippen MR) is 92.8 cm³/mol. The van der Waals surface area contributed by atoms with Gasteiger partial charge in [0.1, 0.15) is 5.82 Å². The largest absolute Gasteiger partial charge is 0.351 e. The maximum absolute atomic E-state index is 12.3. The van der Waals surface area contributed by atoms with Crippen LogP contribution >= 0.6 is 0 Å². The van der Waals surface area contributed by atoms with Gasteiger partial charge in [0, 0.05) is 25.1 Å².